The lowest BCUT2D eigenvalue weighted by atomic mass is 10.2. The number of nitrogens with zero attached hydrogens (tertiary/aromatic N) is 4. The van der Waals surface area contributed by atoms with E-state index in [0.29, 0.717) is 23.0 Å². The van der Waals surface area contributed by atoms with Gasteiger partial charge in [-0.15, -0.1) is 11.8 Å². The van der Waals surface area contributed by atoms with E-state index >= 15 is 0 Å². The third-order valence-electron chi connectivity index (χ3n) is 3.17. The second-order valence-electron chi connectivity index (χ2n) is 4.42. The molecule has 0 bridgehead atoms. The molecule has 8 heteroatoms. The minimum atomic E-state index is -0.992. The number of aromatic carboxylic acids is 1. The zero-order valence-electron chi connectivity index (χ0n) is 11.6. The molecule has 0 atom stereocenters. The molecule has 6 nitrogen and oxygen atoms in total. The standard InChI is InChI=1S/C12H15ClN4O2S/c1-6-7(2)14-17(9(6)12(18)19)5-8-10(13)15-16(3)11(8)20-4/h5H2,1-4H3,(H,18,19). The summed E-state index contributed by atoms with van der Waals surface area (Å²) >= 11 is 7.64. The van der Waals surface area contributed by atoms with Gasteiger partial charge in [-0.25, -0.2) is 4.79 Å². The van der Waals surface area contributed by atoms with Crippen molar-refractivity contribution < 1.29 is 9.90 Å². The summed E-state index contributed by atoms with van der Waals surface area (Å²) in [4.78, 5) is 11.4. The molecule has 2 heterocycles. The molecule has 20 heavy (non-hydrogen) atoms. The largest absolute Gasteiger partial charge is 0.477 e. The van der Waals surface area contributed by atoms with Crippen molar-refractivity contribution in [2.75, 3.05) is 6.26 Å². The van der Waals surface area contributed by atoms with Crippen molar-refractivity contribution in [1.29, 1.82) is 0 Å². The number of carboxylic acids is 1. The van der Waals surface area contributed by atoms with Crippen molar-refractivity contribution in [3.8, 4) is 0 Å². The highest BCUT2D eigenvalue weighted by Crippen LogP contribution is 2.28. The van der Waals surface area contributed by atoms with Crippen LogP contribution in [0.1, 0.15) is 27.3 Å². The third-order valence-corrected chi connectivity index (χ3v) is 4.37. The van der Waals surface area contributed by atoms with E-state index in [1.165, 1.54) is 16.4 Å². The molecule has 2 aromatic rings. The van der Waals surface area contributed by atoms with Gasteiger partial charge in [0.2, 0.25) is 0 Å². The lowest BCUT2D eigenvalue weighted by molar-refractivity contribution is 0.0683. The normalized spacial score (nSPS) is 11.1. The summed E-state index contributed by atoms with van der Waals surface area (Å²) in [6.45, 7) is 3.83. The number of hydrogen-bond acceptors (Lipinski definition) is 4. The second kappa shape index (κ2) is 5.49. The molecule has 0 aliphatic rings. The molecular formula is C12H15ClN4O2S. The molecule has 0 radical (unpaired) electrons. The number of aromatic nitrogens is 4. The number of hydrogen-bond donors (Lipinski definition) is 1. The maximum absolute atomic E-state index is 11.4. The Morgan fingerprint density at radius 2 is 2.05 bits per heavy atom. The Labute approximate surface area is 125 Å². The van der Waals surface area contributed by atoms with Crippen LogP contribution in [-0.4, -0.2) is 36.9 Å². The minimum Gasteiger partial charge on any atom is -0.477 e. The Morgan fingerprint density at radius 3 is 2.60 bits per heavy atom. The van der Waals surface area contributed by atoms with Gasteiger partial charge in [0.15, 0.2) is 5.15 Å². The van der Waals surface area contributed by atoms with Crippen molar-refractivity contribution in [1.82, 2.24) is 19.6 Å². The van der Waals surface area contributed by atoms with Gasteiger partial charge in [-0.1, -0.05) is 11.6 Å². The molecule has 0 aromatic carbocycles. The topological polar surface area (TPSA) is 72.9 Å². The van der Waals surface area contributed by atoms with Gasteiger partial charge < -0.3 is 5.11 Å². The Morgan fingerprint density at radius 1 is 1.40 bits per heavy atom. The van der Waals surface area contributed by atoms with E-state index < -0.39 is 5.97 Å². The van der Waals surface area contributed by atoms with E-state index in [1.54, 1.807) is 25.6 Å². The highest BCUT2D eigenvalue weighted by atomic mass is 35.5. The highest BCUT2D eigenvalue weighted by molar-refractivity contribution is 7.98. The van der Waals surface area contributed by atoms with Crippen molar-refractivity contribution in [2.45, 2.75) is 25.4 Å². The van der Waals surface area contributed by atoms with Gasteiger partial charge in [0.05, 0.1) is 12.2 Å². The fraction of sp³-hybridized carbons (Fsp3) is 0.417. The molecule has 0 saturated carbocycles. The van der Waals surface area contributed by atoms with Crippen LogP contribution in [0.5, 0.6) is 0 Å². The van der Waals surface area contributed by atoms with Crippen LogP contribution in [0.2, 0.25) is 5.15 Å². The fourth-order valence-electron chi connectivity index (χ4n) is 2.12. The number of thioether (sulfide) groups is 1. The summed E-state index contributed by atoms with van der Waals surface area (Å²) in [6, 6.07) is 0. The quantitative estimate of drug-likeness (QED) is 0.877. The van der Waals surface area contributed by atoms with Crippen LogP contribution >= 0.6 is 23.4 Å². The molecule has 0 aliphatic carbocycles. The van der Waals surface area contributed by atoms with Gasteiger partial charge in [0.25, 0.3) is 0 Å². The van der Waals surface area contributed by atoms with Crippen LogP contribution in [-0.2, 0) is 13.6 Å². The van der Waals surface area contributed by atoms with Gasteiger partial charge in [-0.05, 0) is 20.1 Å². The first-order valence-corrected chi connectivity index (χ1v) is 7.49. The lowest BCUT2D eigenvalue weighted by Crippen LogP contribution is -2.12. The van der Waals surface area contributed by atoms with Crippen molar-refractivity contribution in [2.24, 2.45) is 7.05 Å². The number of carboxylic acid groups (broad SMARTS) is 1. The maximum atomic E-state index is 11.4. The van der Waals surface area contributed by atoms with Gasteiger partial charge in [-0.3, -0.25) is 9.36 Å². The van der Waals surface area contributed by atoms with E-state index in [0.717, 1.165) is 10.6 Å². The minimum absolute atomic E-state index is 0.189. The summed E-state index contributed by atoms with van der Waals surface area (Å²) in [6.07, 6.45) is 1.93. The van der Waals surface area contributed by atoms with Crippen molar-refractivity contribution in [3.05, 3.63) is 27.7 Å². The first-order chi connectivity index (χ1) is 9.36. The molecule has 108 valence electrons. The molecule has 0 fully saturated rings. The Hall–Kier alpha value is -1.47. The zero-order chi connectivity index (χ0) is 15.0. The SMILES string of the molecule is CSc1c(Cn2nc(C)c(C)c2C(=O)O)c(Cl)nn1C. The van der Waals surface area contributed by atoms with Crippen LogP contribution in [0, 0.1) is 13.8 Å². The van der Waals surface area contributed by atoms with Crippen molar-refractivity contribution >= 4 is 29.3 Å². The fourth-order valence-corrected chi connectivity index (χ4v) is 3.15. The number of rotatable bonds is 4. The average Bonchev–Trinajstić information content (AvgIpc) is 2.78. The molecule has 0 unspecified atom stereocenters. The van der Waals surface area contributed by atoms with Gasteiger partial charge in [0.1, 0.15) is 10.7 Å². The zero-order valence-corrected chi connectivity index (χ0v) is 13.2. The van der Waals surface area contributed by atoms with E-state index in [2.05, 4.69) is 10.2 Å². The smallest absolute Gasteiger partial charge is 0.354 e. The van der Waals surface area contributed by atoms with Crippen LogP contribution < -0.4 is 0 Å². The van der Waals surface area contributed by atoms with Crippen LogP contribution in [0.3, 0.4) is 0 Å². The van der Waals surface area contributed by atoms with Crippen LogP contribution in [0.4, 0.5) is 0 Å². The van der Waals surface area contributed by atoms with Gasteiger partial charge in [-0.2, -0.15) is 10.2 Å². The van der Waals surface area contributed by atoms with E-state index in [1.807, 2.05) is 6.26 Å². The molecule has 0 aliphatic heterocycles. The summed E-state index contributed by atoms with van der Waals surface area (Å²) in [5, 5.41) is 19.0. The Balaban J connectivity index is 2.51. The van der Waals surface area contributed by atoms with E-state index in [4.69, 9.17) is 11.6 Å². The van der Waals surface area contributed by atoms with E-state index in [-0.39, 0.29) is 5.69 Å². The van der Waals surface area contributed by atoms with Crippen LogP contribution in [0.25, 0.3) is 0 Å². The number of halogens is 1. The molecule has 2 aromatic heterocycles. The molecule has 0 amide bonds. The van der Waals surface area contributed by atoms with Gasteiger partial charge >= 0.3 is 5.97 Å². The number of carbonyl (C=O) groups is 1. The summed E-state index contributed by atoms with van der Waals surface area (Å²) in [7, 11) is 1.80. The van der Waals surface area contributed by atoms with E-state index in [9.17, 15) is 9.90 Å². The third kappa shape index (κ3) is 2.43. The predicted octanol–water partition coefficient (Wildman–Crippen LogP) is 2.36. The average molecular weight is 315 g/mol. The Bertz CT molecular complexity index is 678. The molecule has 1 N–H and O–H groups in total. The first-order valence-electron chi connectivity index (χ1n) is 5.89. The molecule has 0 saturated heterocycles. The monoisotopic (exact) mass is 314 g/mol. The molecule has 2 rings (SSSR count). The predicted molar refractivity (Wildman–Crippen MR) is 77.8 cm³/mol. The van der Waals surface area contributed by atoms with Crippen molar-refractivity contribution in [3.63, 3.8) is 0 Å². The van der Waals surface area contributed by atoms with Crippen LogP contribution in [0.15, 0.2) is 5.03 Å². The highest BCUT2D eigenvalue weighted by Gasteiger charge is 2.21. The van der Waals surface area contributed by atoms with Gasteiger partial charge in [0, 0.05) is 18.2 Å². The lowest BCUT2D eigenvalue weighted by Gasteiger charge is -2.06. The second-order valence-corrected chi connectivity index (χ2v) is 5.58. The number of aryl methyl sites for hydroxylation is 2. The molecule has 0 spiro atoms. The Kier molecular flexibility index (Phi) is 4.10. The molecular weight excluding hydrogens is 300 g/mol. The summed E-state index contributed by atoms with van der Waals surface area (Å²) in [5.74, 6) is -0.992. The summed E-state index contributed by atoms with van der Waals surface area (Å²) in [5.41, 5.74) is 2.34. The maximum Gasteiger partial charge on any atom is 0.354 e. The first kappa shape index (κ1) is 14.9. The summed E-state index contributed by atoms with van der Waals surface area (Å²) < 4.78 is 3.15.